The van der Waals surface area contributed by atoms with Gasteiger partial charge >= 0.3 is 18.3 Å². The molecule has 14 heteroatoms. The first kappa shape index (κ1) is 40.1. The number of carbonyl (C=O) groups excluding carboxylic acids is 6. The van der Waals surface area contributed by atoms with E-state index < -0.39 is 24.3 Å². The fourth-order valence-corrected chi connectivity index (χ4v) is 5.96. The molecule has 3 fully saturated rings. The molecule has 0 aromatic heterocycles. The fraction of sp³-hybridized carbons (Fsp3) is 0.385. The molecule has 3 saturated heterocycles. The quantitative estimate of drug-likeness (QED) is 0.234. The van der Waals surface area contributed by atoms with Gasteiger partial charge in [-0.3, -0.25) is 14.4 Å². The van der Waals surface area contributed by atoms with Crippen LogP contribution in [-0.2, 0) is 47.9 Å². The standard InChI is InChI=1S/2C13H14FNO3.C13H15NO3/c1-2-12(16)15-11(8-18-13(15)17)7-9-3-5-10(14)6-4-9;1-2-12(16)15-10(8-18-13(15)17)7-9-5-3-4-6-11(9)14;1-2-12(15)14-11(9-17-13(14)16)8-10-6-4-3-5-7-10/h3-6,11H,2,7-8H2,1H3;3-6,10H,2,7-8H2,1H3;3-7,11H,2,8-9H2,1H3. The van der Waals surface area contributed by atoms with Crippen molar-refractivity contribution in [2.24, 2.45) is 0 Å². The van der Waals surface area contributed by atoms with Crippen molar-refractivity contribution in [1.82, 2.24) is 14.7 Å². The van der Waals surface area contributed by atoms with Crippen molar-refractivity contribution in [2.45, 2.75) is 77.4 Å². The van der Waals surface area contributed by atoms with E-state index in [4.69, 9.17) is 14.2 Å². The van der Waals surface area contributed by atoms with Crippen molar-refractivity contribution in [1.29, 1.82) is 0 Å². The van der Waals surface area contributed by atoms with E-state index in [1.54, 1.807) is 51.1 Å². The van der Waals surface area contributed by atoms with Crippen molar-refractivity contribution in [3.63, 3.8) is 0 Å². The fourth-order valence-electron chi connectivity index (χ4n) is 5.96. The van der Waals surface area contributed by atoms with Crippen LogP contribution < -0.4 is 0 Å². The van der Waals surface area contributed by atoms with Gasteiger partial charge in [0.15, 0.2) is 0 Å². The molecule has 12 nitrogen and oxygen atoms in total. The average molecular weight is 736 g/mol. The Labute approximate surface area is 306 Å². The van der Waals surface area contributed by atoms with Crippen molar-refractivity contribution in [2.75, 3.05) is 19.8 Å². The number of ether oxygens (including phenoxy) is 3. The van der Waals surface area contributed by atoms with Crippen molar-refractivity contribution in [3.05, 3.63) is 107 Å². The molecular weight excluding hydrogens is 692 g/mol. The maximum absolute atomic E-state index is 13.5. The zero-order chi connectivity index (χ0) is 38.5. The zero-order valence-corrected chi connectivity index (χ0v) is 29.9. The molecule has 3 aromatic carbocycles. The predicted octanol–water partition coefficient (Wildman–Crippen LogP) is 6.24. The van der Waals surface area contributed by atoms with Crippen LogP contribution in [-0.4, -0.2) is 88.6 Å². The molecule has 3 aliphatic rings. The van der Waals surface area contributed by atoms with Crippen molar-refractivity contribution < 1.29 is 51.8 Å². The SMILES string of the molecule is CCC(=O)N1C(=O)OCC1Cc1ccc(F)cc1.CCC(=O)N1C(=O)OCC1Cc1ccccc1.CCC(=O)N1C(=O)OCC1Cc1ccccc1F. The lowest BCUT2D eigenvalue weighted by molar-refractivity contribution is -0.129. The predicted molar refractivity (Wildman–Crippen MR) is 187 cm³/mol. The third-order valence-electron chi connectivity index (χ3n) is 8.71. The second-order valence-corrected chi connectivity index (χ2v) is 12.4. The molecule has 6 amide bonds. The second kappa shape index (κ2) is 19.3. The van der Waals surface area contributed by atoms with E-state index in [1.165, 1.54) is 23.1 Å². The van der Waals surface area contributed by atoms with Crippen molar-refractivity contribution >= 4 is 36.0 Å². The Kier molecular flexibility index (Phi) is 14.6. The lowest BCUT2D eigenvalue weighted by Crippen LogP contribution is -2.39. The highest BCUT2D eigenvalue weighted by Crippen LogP contribution is 2.21. The number of halogens is 2. The van der Waals surface area contributed by atoms with Crippen LogP contribution in [0, 0.1) is 11.6 Å². The van der Waals surface area contributed by atoms with Gasteiger partial charge in [0.2, 0.25) is 17.7 Å². The molecule has 0 saturated carbocycles. The summed E-state index contributed by atoms with van der Waals surface area (Å²) in [7, 11) is 0. The van der Waals surface area contributed by atoms with Crippen LogP contribution in [0.1, 0.15) is 56.7 Å². The lowest BCUT2D eigenvalue weighted by Gasteiger charge is -2.19. The number of nitrogens with zero attached hydrogens (tertiary/aromatic N) is 3. The van der Waals surface area contributed by atoms with E-state index >= 15 is 0 Å². The van der Waals surface area contributed by atoms with Gasteiger partial charge in [-0.25, -0.2) is 37.9 Å². The van der Waals surface area contributed by atoms with Crippen LogP contribution in [0.3, 0.4) is 0 Å². The number of rotatable bonds is 9. The third-order valence-corrected chi connectivity index (χ3v) is 8.71. The van der Waals surface area contributed by atoms with E-state index in [0.29, 0.717) is 31.4 Å². The first-order chi connectivity index (χ1) is 25.5. The molecule has 3 unspecified atom stereocenters. The summed E-state index contributed by atoms with van der Waals surface area (Å²) in [5.41, 5.74) is 2.45. The molecule has 0 N–H and O–H groups in total. The number of hydrogen-bond donors (Lipinski definition) is 0. The van der Waals surface area contributed by atoms with Gasteiger partial charge < -0.3 is 14.2 Å². The molecule has 3 aliphatic heterocycles. The summed E-state index contributed by atoms with van der Waals surface area (Å²) in [5.74, 6) is -1.35. The van der Waals surface area contributed by atoms with Gasteiger partial charge in [-0.05, 0) is 54.2 Å². The van der Waals surface area contributed by atoms with E-state index in [1.807, 2.05) is 30.3 Å². The van der Waals surface area contributed by atoms with E-state index in [2.05, 4.69) is 0 Å². The summed E-state index contributed by atoms with van der Waals surface area (Å²) in [6, 6.07) is 21.3. The Morgan fingerprint density at radius 1 is 0.547 bits per heavy atom. The Bertz CT molecular complexity index is 1760. The van der Waals surface area contributed by atoms with Gasteiger partial charge in [-0.1, -0.05) is 81.4 Å². The molecule has 282 valence electrons. The van der Waals surface area contributed by atoms with Gasteiger partial charge in [0.25, 0.3) is 0 Å². The average Bonchev–Trinajstić information content (AvgIpc) is 3.85. The molecule has 0 bridgehead atoms. The number of carbonyl (C=O) groups is 6. The number of benzene rings is 3. The Morgan fingerprint density at radius 2 is 0.925 bits per heavy atom. The van der Waals surface area contributed by atoms with Gasteiger partial charge in [0.1, 0.15) is 31.5 Å². The highest BCUT2D eigenvalue weighted by Gasteiger charge is 2.39. The molecule has 53 heavy (non-hydrogen) atoms. The van der Waals surface area contributed by atoms with Gasteiger partial charge in [0.05, 0.1) is 18.1 Å². The van der Waals surface area contributed by atoms with Gasteiger partial charge in [-0.2, -0.15) is 0 Å². The highest BCUT2D eigenvalue weighted by atomic mass is 19.1. The minimum atomic E-state index is -0.636. The second-order valence-electron chi connectivity index (χ2n) is 12.4. The van der Waals surface area contributed by atoms with Crippen LogP contribution in [0.2, 0.25) is 0 Å². The van der Waals surface area contributed by atoms with E-state index in [0.717, 1.165) is 20.9 Å². The lowest BCUT2D eigenvalue weighted by atomic mass is 10.1. The molecule has 3 aromatic rings. The third kappa shape index (κ3) is 10.7. The number of cyclic esters (lactones) is 3. The first-order valence-electron chi connectivity index (χ1n) is 17.4. The number of imide groups is 3. The van der Waals surface area contributed by atoms with E-state index in [9.17, 15) is 37.5 Å². The molecule has 6 rings (SSSR count). The van der Waals surface area contributed by atoms with E-state index in [-0.39, 0.29) is 73.9 Å². The molecule has 0 spiro atoms. The summed E-state index contributed by atoms with van der Waals surface area (Å²) in [6.45, 7) is 5.73. The minimum Gasteiger partial charge on any atom is -0.447 e. The maximum Gasteiger partial charge on any atom is 0.416 e. The summed E-state index contributed by atoms with van der Waals surface area (Å²) < 4.78 is 41.0. The van der Waals surface area contributed by atoms with Gasteiger partial charge in [-0.15, -0.1) is 0 Å². The molecule has 3 atom stereocenters. The van der Waals surface area contributed by atoms with Crippen LogP contribution in [0.25, 0.3) is 0 Å². The molecule has 0 aliphatic carbocycles. The summed E-state index contributed by atoms with van der Waals surface area (Å²) in [6.07, 6.45) is 0.480. The summed E-state index contributed by atoms with van der Waals surface area (Å²) in [5, 5.41) is 0. The normalized spacial score (nSPS) is 19.0. The Balaban J connectivity index is 0.000000178. The van der Waals surface area contributed by atoms with Crippen LogP contribution in [0.4, 0.5) is 23.2 Å². The largest absolute Gasteiger partial charge is 0.447 e. The molecule has 0 radical (unpaired) electrons. The molecule has 3 heterocycles. The monoisotopic (exact) mass is 735 g/mol. The number of hydrogen-bond acceptors (Lipinski definition) is 9. The Hall–Kier alpha value is -5.66. The summed E-state index contributed by atoms with van der Waals surface area (Å²) in [4.78, 5) is 72.8. The van der Waals surface area contributed by atoms with Crippen LogP contribution in [0.15, 0.2) is 78.9 Å². The smallest absolute Gasteiger partial charge is 0.416 e. The number of amides is 6. The molecular formula is C39H43F2N3O9. The van der Waals surface area contributed by atoms with Gasteiger partial charge in [0, 0.05) is 19.3 Å². The van der Waals surface area contributed by atoms with Crippen LogP contribution >= 0.6 is 0 Å². The summed E-state index contributed by atoms with van der Waals surface area (Å²) >= 11 is 0. The maximum atomic E-state index is 13.5. The van der Waals surface area contributed by atoms with Crippen LogP contribution in [0.5, 0.6) is 0 Å². The highest BCUT2D eigenvalue weighted by molar-refractivity contribution is 5.94. The first-order valence-corrected chi connectivity index (χ1v) is 17.4. The topological polar surface area (TPSA) is 140 Å². The Morgan fingerprint density at radius 3 is 1.34 bits per heavy atom. The van der Waals surface area contributed by atoms with Crippen molar-refractivity contribution in [3.8, 4) is 0 Å². The zero-order valence-electron chi connectivity index (χ0n) is 29.9. The minimum absolute atomic E-state index is 0.124.